The molecule has 25 nitrogen and oxygen atoms in total. The number of primary amides is 1. The molecule has 19 N–H and O–H groups in total. The second-order valence-electron chi connectivity index (χ2n) is 12.6. The van der Waals surface area contributed by atoms with Crippen molar-refractivity contribution in [3.05, 3.63) is 0 Å². The number of carboxylic acids is 1. The molecule has 8 amide bonds. The Morgan fingerprint density at radius 1 is 0.518 bits per heavy atom. The summed E-state index contributed by atoms with van der Waals surface area (Å²) < 4.78 is 0. The highest BCUT2D eigenvalue weighted by Gasteiger charge is 2.32. The Hall–Kier alpha value is -6.27. The molecule has 0 aliphatic carbocycles. The van der Waals surface area contributed by atoms with Gasteiger partial charge in [0.15, 0.2) is 11.9 Å². The number of rotatable bonds is 26. The molecule has 25 heteroatoms. The first-order valence-electron chi connectivity index (χ1n) is 17.4. The van der Waals surface area contributed by atoms with E-state index in [4.69, 9.17) is 33.8 Å². The van der Waals surface area contributed by atoms with Crippen molar-refractivity contribution in [1.82, 2.24) is 37.2 Å². The molecule has 0 saturated heterocycles. The summed E-state index contributed by atoms with van der Waals surface area (Å²) in [6.45, 7) is 4.12. The number of aliphatic hydroxyl groups is 1. The van der Waals surface area contributed by atoms with Gasteiger partial charge in [0.25, 0.3) is 0 Å². The molecule has 0 saturated carbocycles. The van der Waals surface area contributed by atoms with Crippen molar-refractivity contribution in [2.75, 3.05) is 19.7 Å². The molecule has 0 bridgehead atoms. The fourth-order valence-corrected chi connectivity index (χ4v) is 4.56. The second-order valence-corrected chi connectivity index (χ2v) is 12.6. The highest BCUT2D eigenvalue weighted by Crippen LogP contribution is 2.07. The van der Waals surface area contributed by atoms with E-state index in [2.05, 4.69) is 47.2 Å². The van der Waals surface area contributed by atoms with Crippen molar-refractivity contribution in [1.29, 1.82) is 0 Å². The number of aliphatic imine (C=N–C) groups is 2. The fourth-order valence-electron chi connectivity index (χ4n) is 4.56. The van der Waals surface area contributed by atoms with Crippen LogP contribution in [0.4, 0.5) is 0 Å². The van der Waals surface area contributed by atoms with E-state index in [0.29, 0.717) is 0 Å². The van der Waals surface area contributed by atoms with Gasteiger partial charge in [-0.25, -0.2) is 0 Å². The van der Waals surface area contributed by atoms with Gasteiger partial charge in [-0.2, -0.15) is 0 Å². The quantitative estimate of drug-likeness (QED) is 0.0220. The Balaban J connectivity index is 6.25. The van der Waals surface area contributed by atoms with Crippen LogP contribution in [0.2, 0.25) is 0 Å². The zero-order valence-corrected chi connectivity index (χ0v) is 31.8. The average molecular weight is 801 g/mol. The maximum Gasteiger partial charge on any atom is 0.325 e. The van der Waals surface area contributed by atoms with Crippen LogP contribution in [0.1, 0.15) is 66.2 Å². The molecule has 0 aromatic carbocycles. The summed E-state index contributed by atoms with van der Waals surface area (Å²) >= 11 is 0. The van der Waals surface area contributed by atoms with Crippen molar-refractivity contribution < 1.29 is 53.4 Å². The summed E-state index contributed by atoms with van der Waals surface area (Å²) in [4.78, 5) is 121. The molecule has 0 heterocycles. The lowest BCUT2D eigenvalue weighted by molar-refractivity contribution is -0.142. The van der Waals surface area contributed by atoms with E-state index in [1.165, 1.54) is 20.8 Å². The molecular formula is C31H56N14O11. The molecular weight excluding hydrogens is 744 g/mol. The van der Waals surface area contributed by atoms with E-state index >= 15 is 0 Å². The smallest absolute Gasteiger partial charge is 0.325 e. The molecule has 0 aromatic heterocycles. The van der Waals surface area contributed by atoms with Gasteiger partial charge in [-0.15, -0.1) is 0 Å². The van der Waals surface area contributed by atoms with Gasteiger partial charge in [0, 0.05) is 26.4 Å². The summed E-state index contributed by atoms with van der Waals surface area (Å²) in [5, 5.41) is 35.1. The Morgan fingerprint density at radius 3 is 1.27 bits per heavy atom. The third kappa shape index (κ3) is 20.8. The first-order valence-corrected chi connectivity index (χ1v) is 17.4. The van der Waals surface area contributed by atoms with E-state index in [1.807, 2.05) is 0 Å². The summed E-state index contributed by atoms with van der Waals surface area (Å²) in [5.41, 5.74) is 26.8. The van der Waals surface area contributed by atoms with Gasteiger partial charge in [0.05, 0.1) is 6.61 Å². The molecule has 0 rings (SSSR count). The Labute approximate surface area is 322 Å². The van der Waals surface area contributed by atoms with Gasteiger partial charge >= 0.3 is 5.97 Å². The molecule has 0 fully saturated rings. The van der Waals surface area contributed by atoms with Crippen molar-refractivity contribution in [2.24, 2.45) is 38.7 Å². The van der Waals surface area contributed by atoms with Crippen LogP contribution in [-0.2, 0) is 43.2 Å². The van der Waals surface area contributed by atoms with Crippen molar-refractivity contribution in [2.45, 2.75) is 109 Å². The molecule has 1 unspecified atom stereocenters. The van der Waals surface area contributed by atoms with E-state index in [-0.39, 0.29) is 57.1 Å². The van der Waals surface area contributed by atoms with Gasteiger partial charge in [-0.3, -0.25) is 53.1 Å². The first-order chi connectivity index (χ1) is 26.1. The van der Waals surface area contributed by atoms with Crippen LogP contribution in [-0.4, -0.2) is 137 Å². The molecule has 0 radical (unpaired) electrons. The molecule has 0 aliphatic rings. The summed E-state index contributed by atoms with van der Waals surface area (Å²) in [6.07, 6.45) is -0.631. The average Bonchev–Trinajstić information content (AvgIpc) is 3.09. The Bertz CT molecular complexity index is 1470. The molecule has 56 heavy (non-hydrogen) atoms. The topological polar surface area (TPSA) is 433 Å². The van der Waals surface area contributed by atoms with Gasteiger partial charge in [0.2, 0.25) is 47.3 Å². The molecule has 0 spiro atoms. The molecule has 7 atom stereocenters. The number of carboxylic acid groups (broad SMARTS) is 1. The van der Waals surface area contributed by atoms with Crippen molar-refractivity contribution in [3.8, 4) is 0 Å². The van der Waals surface area contributed by atoms with Crippen LogP contribution in [0.3, 0.4) is 0 Å². The van der Waals surface area contributed by atoms with Crippen LogP contribution >= 0.6 is 0 Å². The minimum Gasteiger partial charge on any atom is -0.480 e. The van der Waals surface area contributed by atoms with Crippen molar-refractivity contribution in [3.63, 3.8) is 0 Å². The van der Waals surface area contributed by atoms with Crippen LogP contribution in [0, 0.1) is 0 Å². The van der Waals surface area contributed by atoms with Gasteiger partial charge < -0.3 is 76.1 Å². The predicted octanol–water partition coefficient (Wildman–Crippen LogP) is -7.09. The second kappa shape index (κ2) is 25.7. The largest absolute Gasteiger partial charge is 0.480 e. The number of nitrogens with zero attached hydrogens (tertiary/aromatic N) is 2. The van der Waals surface area contributed by atoms with Crippen LogP contribution in [0.15, 0.2) is 9.98 Å². The van der Waals surface area contributed by atoms with E-state index in [0.717, 1.165) is 6.92 Å². The fraction of sp³-hybridized carbons (Fsp3) is 0.645. The number of hydrogen-bond acceptors (Lipinski definition) is 12. The third-order valence-corrected chi connectivity index (χ3v) is 7.58. The lowest BCUT2D eigenvalue weighted by Gasteiger charge is -2.26. The third-order valence-electron chi connectivity index (χ3n) is 7.58. The van der Waals surface area contributed by atoms with Gasteiger partial charge in [-0.1, -0.05) is 0 Å². The summed E-state index contributed by atoms with van der Waals surface area (Å²) in [6, 6.07) is -9.58. The first kappa shape index (κ1) is 49.7. The number of nitrogens with one attached hydrogen (secondary N) is 7. The summed E-state index contributed by atoms with van der Waals surface area (Å²) in [5.74, 6) is -8.68. The van der Waals surface area contributed by atoms with Gasteiger partial charge in [-0.05, 0) is 52.9 Å². The number of guanidine groups is 2. The van der Waals surface area contributed by atoms with Gasteiger partial charge in [0.1, 0.15) is 42.3 Å². The number of aliphatic carboxylic acids is 1. The molecule has 0 aliphatic heterocycles. The predicted molar refractivity (Wildman–Crippen MR) is 199 cm³/mol. The number of amides is 8. The van der Waals surface area contributed by atoms with Crippen molar-refractivity contribution >= 4 is 65.1 Å². The minimum atomic E-state index is -1.58. The zero-order valence-electron chi connectivity index (χ0n) is 31.8. The lowest BCUT2D eigenvalue weighted by Crippen LogP contribution is -2.59. The number of carbonyl (C=O) groups excluding carboxylic acids is 8. The number of nitrogens with two attached hydrogens (primary N) is 5. The maximum absolute atomic E-state index is 13.7. The number of hydrogen-bond donors (Lipinski definition) is 14. The SMILES string of the molecule is CC(=O)N[C@@H](C)C(=O)N[C@@H](CCCN=C(N)N)C(=O)N[C@@H](CCC(N)=O)C(=O)N[C@@H](CCCN=C(N)N)C(=O)N[C@@H](C)C(=O)NC(CO)C(=O)N[C@@H](C)C(=O)O. The van der Waals surface area contributed by atoms with Crippen LogP contribution < -0.4 is 65.9 Å². The monoisotopic (exact) mass is 800 g/mol. The highest BCUT2D eigenvalue weighted by atomic mass is 16.4. The zero-order chi connectivity index (χ0) is 43.1. The minimum absolute atomic E-state index is 0.0139. The summed E-state index contributed by atoms with van der Waals surface area (Å²) in [7, 11) is 0. The molecule has 316 valence electrons. The standard InChI is InChI=1S/C31H56N14O11/c1-14(39-17(4)47)23(49)42-19(8-6-12-38-31(35)36)26(52)44-20(9-10-22(32)48)27(53)43-18(7-5-11-37-30(33)34)25(51)40-15(2)24(50)45-21(13-46)28(54)41-16(3)29(55)56/h14-16,18-21,46H,5-13H2,1-4H3,(H2,32,48)(H,39,47)(H,40,51)(H,41,54)(H,42,49)(H,43,53)(H,44,52)(H,45,50)(H,55,56)(H4,33,34,37)(H4,35,36,38)/t14-,15-,16-,18-,19-,20-,21?/m0/s1. The molecule has 0 aromatic rings. The van der Waals surface area contributed by atoms with Crippen LogP contribution in [0.25, 0.3) is 0 Å². The Kier molecular flexibility index (Phi) is 22.8. The van der Waals surface area contributed by atoms with E-state index in [1.54, 1.807) is 0 Å². The normalized spacial score (nSPS) is 14.3. The highest BCUT2D eigenvalue weighted by molar-refractivity contribution is 5.97. The number of aliphatic hydroxyl groups excluding tert-OH is 1. The lowest BCUT2D eigenvalue weighted by atomic mass is 10.0. The Morgan fingerprint density at radius 2 is 0.875 bits per heavy atom. The van der Waals surface area contributed by atoms with Crippen LogP contribution in [0.5, 0.6) is 0 Å². The number of carbonyl (C=O) groups is 9. The maximum atomic E-state index is 13.7. The van der Waals surface area contributed by atoms with E-state index in [9.17, 15) is 48.3 Å². The van der Waals surface area contributed by atoms with E-state index < -0.39 is 109 Å².